The van der Waals surface area contributed by atoms with Gasteiger partial charge in [-0.15, -0.1) is 11.3 Å². The van der Waals surface area contributed by atoms with Crippen molar-refractivity contribution in [2.75, 3.05) is 6.54 Å². The average molecular weight is 169 g/mol. The standard InChI is InChI=1S/C9H15NS/c1-4-10-6-9-5-7(2)8(3)11-9/h5,10H,4,6H2,1-3H3. The van der Waals surface area contributed by atoms with Crippen LogP contribution in [0.15, 0.2) is 6.07 Å². The van der Waals surface area contributed by atoms with Gasteiger partial charge in [0.2, 0.25) is 0 Å². The van der Waals surface area contributed by atoms with Gasteiger partial charge in [0.15, 0.2) is 0 Å². The molecule has 0 bridgehead atoms. The Hall–Kier alpha value is -0.340. The minimum Gasteiger partial charge on any atom is -0.312 e. The Balaban J connectivity index is 2.58. The molecular formula is C9H15NS. The third-order valence-corrected chi connectivity index (χ3v) is 2.92. The minimum absolute atomic E-state index is 1.02. The number of hydrogen-bond acceptors (Lipinski definition) is 2. The second-order valence-electron chi connectivity index (χ2n) is 2.73. The molecule has 0 aliphatic carbocycles. The lowest BCUT2D eigenvalue weighted by atomic mass is 10.3. The number of rotatable bonds is 3. The van der Waals surface area contributed by atoms with E-state index >= 15 is 0 Å². The van der Waals surface area contributed by atoms with Gasteiger partial charge in [0.25, 0.3) is 0 Å². The van der Waals surface area contributed by atoms with Gasteiger partial charge in [-0.2, -0.15) is 0 Å². The molecule has 1 aromatic heterocycles. The largest absolute Gasteiger partial charge is 0.312 e. The molecule has 1 aromatic rings. The molecule has 62 valence electrons. The molecule has 11 heavy (non-hydrogen) atoms. The minimum atomic E-state index is 1.02. The SMILES string of the molecule is CCNCc1cc(C)c(C)s1. The van der Waals surface area contributed by atoms with Crippen LogP contribution in [0.4, 0.5) is 0 Å². The smallest absolute Gasteiger partial charge is 0.0299 e. The molecule has 2 heteroatoms. The summed E-state index contributed by atoms with van der Waals surface area (Å²) in [6.45, 7) is 8.55. The molecule has 0 unspecified atom stereocenters. The van der Waals surface area contributed by atoms with E-state index in [2.05, 4.69) is 32.2 Å². The molecule has 0 radical (unpaired) electrons. The summed E-state index contributed by atoms with van der Waals surface area (Å²) in [5, 5.41) is 3.32. The average Bonchev–Trinajstić information content (AvgIpc) is 2.28. The number of aryl methyl sites for hydroxylation is 2. The van der Waals surface area contributed by atoms with E-state index in [9.17, 15) is 0 Å². The van der Waals surface area contributed by atoms with Gasteiger partial charge < -0.3 is 5.32 Å². The van der Waals surface area contributed by atoms with Crippen molar-refractivity contribution in [2.24, 2.45) is 0 Å². The lowest BCUT2D eigenvalue weighted by Gasteiger charge is -1.95. The van der Waals surface area contributed by atoms with Gasteiger partial charge in [-0.25, -0.2) is 0 Å². The van der Waals surface area contributed by atoms with Crippen molar-refractivity contribution in [3.63, 3.8) is 0 Å². The fraction of sp³-hybridized carbons (Fsp3) is 0.556. The van der Waals surface area contributed by atoms with Gasteiger partial charge >= 0.3 is 0 Å². The summed E-state index contributed by atoms with van der Waals surface area (Å²) in [6.07, 6.45) is 0. The lowest BCUT2D eigenvalue weighted by Crippen LogP contribution is -2.10. The van der Waals surface area contributed by atoms with E-state index < -0.39 is 0 Å². The highest BCUT2D eigenvalue weighted by Gasteiger charge is 1.99. The summed E-state index contributed by atoms with van der Waals surface area (Å²) >= 11 is 1.89. The molecule has 1 nitrogen and oxygen atoms in total. The summed E-state index contributed by atoms with van der Waals surface area (Å²) < 4.78 is 0. The van der Waals surface area contributed by atoms with Crippen LogP contribution in [0, 0.1) is 13.8 Å². The normalized spacial score (nSPS) is 10.5. The fourth-order valence-electron chi connectivity index (χ4n) is 0.985. The van der Waals surface area contributed by atoms with Crippen molar-refractivity contribution in [3.05, 3.63) is 21.4 Å². The molecule has 0 amide bonds. The van der Waals surface area contributed by atoms with Crippen LogP contribution in [0.3, 0.4) is 0 Å². The van der Waals surface area contributed by atoms with Crippen molar-refractivity contribution >= 4 is 11.3 Å². The zero-order valence-corrected chi connectivity index (χ0v) is 8.22. The predicted molar refractivity (Wildman–Crippen MR) is 51.2 cm³/mol. The molecule has 1 rings (SSSR count). The number of nitrogens with one attached hydrogen (secondary N) is 1. The van der Waals surface area contributed by atoms with Crippen molar-refractivity contribution in [1.29, 1.82) is 0 Å². The molecule has 0 saturated heterocycles. The van der Waals surface area contributed by atoms with Gasteiger partial charge in [0.05, 0.1) is 0 Å². The first-order valence-electron chi connectivity index (χ1n) is 4.00. The monoisotopic (exact) mass is 169 g/mol. The maximum Gasteiger partial charge on any atom is 0.0299 e. The van der Waals surface area contributed by atoms with Crippen LogP contribution in [0.1, 0.15) is 22.2 Å². The predicted octanol–water partition coefficient (Wildman–Crippen LogP) is 2.47. The van der Waals surface area contributed by atoms with Gasteiger partial charge in [-0.3, -0.25) is 0 Å². The van der Waals surface area contributed by atoms with E-state index in [-0.39, 0.29) is 0 Å². The zero-order valence-electron chi connectivity index (χ0n) is 7.40. The second-order valence-corrected chi connectivity index (χ2v) is 4.07. The molecule has 1 N–H and O–H groups in total. The number of thiophene rings is 1. The van der Waals surface area contributed by atoms with Crippen LogP contribution in [0.5, 0.6) is 0 Å². The van der Waals surface area contributed by atoms with Gasteiger partial charge in [0, 0.05) is 16.3 Å². The Kier molecular flexibility index (Phi) is 3.09. The summed E-state index contributed by atoms with van der Waals surface area (Å²) in [5.74, 6) is 0. The highest BCUT2D eigenvalue weighted by atomic mass is 32.1. The third-order valence-electron chi connectivity index (χ3n) is 1.77. The summed E-state index contributed by atoms with van der Waals surface area (Å²) in [7, 11) is 0. The van der Waals surface area contributed by atoms with Crippen LogP contribution in [0.25, 0.3) is 0 Å². The molecule has 0 aliphatic rings. The molecule has 0 spiro atoms. The molecule has 0 saturated carbocycles. The van der Waals surface area contributed by atoms with Crippen LogP contribution in [-0.2, 0) is 6.54 Å². The Morgan fingerprint density at radius 3 is 2.64 bits per heavy atom. The first kappa shape index (κ1) is 8.75. The van der Waals surface area contributed by atoms with E-state index in [0.29, 0.717) is 0 Å². The summed E-state index contributed by atoms with van der Waals surface area (Å²) in [6, 6.07) is 2.27. The van der Waals surface area contributed by atoms with E-state index in [1.165, 1.54) is 15.3 Å². The second kappa shape index (κ2) is 3.88. The van der Waals surface area contributed by atoms with Crippen molar-refractivity contribution in [2.45, 2.75) is 27.3 Å². The molecule has 0 aliphatic heterocycles. The van der Waals surface area contributed by atoms with Crippen LogP contribution in [0.2, 0.25) is 0 Å². The van der Waals surface area contributed by atoms with E-state index in [4.69, 9.17) is 0 Å². The Bertz CT molecular complexity index is 208. The highest BCUT2D eigenvalue weighted by molar-refractivity contribution is 7.12. The van der Waals surface area contributed by atoms with Crippen molar-refractivity contribution in [3.8, 4) is 0 Å². The lowest BCUT2D eigenvalue weighted by molar-refractivity contribution is 0.735. The fourth-order valence-corrected chi connectivity index (χ4v) is 2.01. The molecular weight excluding hydrogens is 154 g/mol. The van der Waals surface area contributed by atoms with Crippen LogP contribution >= 0.6 is 11.3 Å². The summed E-state index contributed by atoms with van der Waals surface area (Å²) in [4.78, 5) is 2.89. The van der Waals surface area contributed by atoms with Gasteiger partial charge in [0.1, 0.15) is 0 Å². The Labute approximate surface area is 72.4 Å². The van der Waals surface area contributed by atoms with E-state index in [1.54, 1.807) is 0 Å². The first-order chi connectivity index (χ1) is 5.24. The number of hydrogen-bond donors (Lipinski definition) is 1. The Morgan fingerprint density at radius 2 is 2.18 bits per heavy atom. The van der Waals surface area contributed by atoms with Gasteiger partial charge in [-0.1, -0.05) is 6.92 Å². The molecule has 0 fully saturated rings. The van der Waals surface area contributed by atoms with Crippen molar-refractivity contribution < 1.29 is 0 Å². The molecule has 1 heterocycles. The first-order valence-corrected chi connectivity index (χ1v) is 4.82. The Morgan fingerprint density at radius 1 is 1.45 bits per heavy atom. The van der Waals surface area contributed by atoms with Crippen molar-refractivity contribution in [1.82, 2.24) is 5.32 Å². The van der Waals surface area contributed by atoms with Crippen LogP contribution in [-0.4, -0.2) is 6.54 Å². The summed E-state index contributed by atoms with van der Waals surface area (Å²) in [5.41, 5.74) is 1.42. The maximum absolute atomic E-state index is 3.32. The zero-order chi connectivity index (χ0) is 8.27. The van der Waals surface area contributed by atoms with E-state index in [0.717, 1.165) is 13.1 Å². The quantitative estimate of drug-likeness (QED) is 0.733. The van der Waals surface area contributed by atoms with Crippen LogP contribution < -0.4 is 5.32 Å². The highest BCUT2D eigenvalue weighted by Crippen LogP contribution is 2.19. The maximum atomic E-state index is 3.32. The molecule has 0 aromatic carbocycles. The van der Waals surface area contributed by atoms with Gasteiger partial charge in [-0.05, 0) is 32.0 Å². The third kappa shape index (κ3) is 2.31. The van der Waals surface area contributed by atoms with E-state index in [1.807, 2.05) is 11.3 Å². The molecule has 0 atom stereocenters. The topological polar surface area (TPSA) is 12.0 Å².